The van der Waals surface area contributed by atoms with Crippen LogP contribution in [0.3, 0.4) is 0 Å². The lowest BCUT2D eigenvalue weighted by molar-refractivity contribution is 0.591. The third-order valence-electron chi connectivity index (χ3n) is 1.39. The van der Waals surface area contributed by atoms with Gasteiger partial charge in [-0.2, -0.15) is 0 Å². The summed E-state index contributed by atoms with van der Waals surface area (Å²) in [7, 11) is -1.38. The van der Waals surface area contributed by atoms with E-state index in [2.05, 4.69) is 15.9 Å². The van der Waals surface area contributed by atoms with E-state index in [1.807, 2.05) is 0 Å². The fourth-order valence-electron chi connectivity index (χ4n) is 0.841. The van der Waals surface area contributed by atoms with E-state index in [-0.39, 0.29) is 0 Å². The minimum atomic E-state index is -3.08. The smallest absolute Gasteiger partial charge is 0.190 e. The van der Waals surface area contributed by atoms with Gasteiger partial charge in [0.05, 0.1) is 4.60 Å². The summed E-state index contributed by atoms with van der Waals surface area (Å²) in [6.45, 7) is 0. The Labute approximate surface area is 74.1 Å². The van der Waals surface area contributed by atoms with Crippen LogP contribution < -0.4 is 0 Å². The minimum Gasteiger partial charge on any atom is -0.330 e. The Morgan fingerprint density at radius 2 is 2.00 bits per heavy atom. The Balaban J connectivity index is 3.38. The van der Waals surface area contributed by atoms with E-state index in [4.69, 9.17) is 0 Å². The number of aromatic nitrogens is 1. The quantitative estimate of drug-likeness (QED) is 0.737. The summed E-state index contributed by atoms with van der Waals surface area (Å²) < 4.78 is 24.4. The summed E-state index contributed by atoms with van der Waals surface area (Å²) >= 11 is 3.21. The van der Waals surface area contributed by atoms with Crippen molar-refractivity contribution in [2.24, 2.45) is 7.05 Å². The van der Waals surface area contributed by atoms with E-state index in [9.17, 15) is 8.42 Å². The van der Waals surface area contributed by atoms with Gasteiger partial charge in [-0.3, -0.25) is 0 Å². The van der Waals surface area contributed by atoms with Crippen LogP contribution >= 0.6 is 15.9 Å². The summed E-state index contributed by atoms with van der Waals surface area (Å²) in [5, 5.41) is 0.323. The highest BCUT2D eigenvalue weighted by Gasteiger charge is 2.11. The van der Waals surface area contributed by atoms with Crippen molar-refractivity contribution in [3.05, 3.63) is 16.7 Å². The average molecular weight is 238 g/mol. The van der Waals surface area contributed by atoms with Gasteiger partial charge in [0.2, 0.25) is 0 Å². The van der Waals surface area contributed by atoms with E-state index in [0.29, 0.717) is 5.03 Å². The van der Waals surface area contributed by atoms with Crippen LogP contribution in [0.2, 0.25) is 0 Å². The maximum atomic E-state index is 11.0. The van der Waals surface area contributed by atoms with Crippen LogP contribution in [0.1, 0.15) is 0 Å². The maximum absolute atomic E-state index is 11.0. The summed E-state index contributed by atoms with van der Waals surface area (Å²) in [5.41, 5.74) is 0. The Morgan fingerprint density at radius 1 is 1.45 bits per heavy atom. The molecule has 1 heterocycles. The lowest BCUT2D eigenvalue weighted by Gasteiger charge is -2.00. The SMILES string of the molecule is Cn1c(Br)ccc1S(C)(=O)=O. The molecule has 0 atom stereocenters. The molecule has 11 heavy (non-hydrogen) atoms. The molecule has 0 spiro atoms. The van der Waals surface area contributed by atoms with Crippen molar-refractivity contribution in [1.29, 1.82) is 0 Å². The van der Waals surface area contributed by atoms with Gasteiger partial charge in [0, 0.05) is 13.3 Å². The summed E-state index contributed by atoms with van der Waals surface area (Å²) in [6.07, 6.45) is 1.19. The fraction of sp³-hybridized carbons (Fsp3) is 0.333. The summed E-state index contributed by atoms with van der Waals surface area (Å²) in [5.74, 6) is 0. The molecule has 0 amide bonds. The zero-order valence-electron chi connectivity index (χ0n) is 6.20. The van der Waals surface area contributed by atoms with Crippen LogP contribution in [0.5, 0.6) is 0 Å². The van der Waals surface area contributed by atoms with E-state index in [0.717, 1.165) is 4.60 Å². The number of rotatable bonds is 1. The molecule has 5 heteroatoms. The van der Waals surface area contributed by atoms with Crippen molar-refractivity contribution in [1.82, 2.24) is 4.57 Å². The van der Waals surface area contributed by atoms with Crippen molar-refractivity contribution in [2.45, 2.75) is 5.03 Å². The molecule has 0 aliphatic rings. The third-order valence-corrected chi connectivity index (χ3v) is 3.36. The van der Waals surface area contributed by atoms with Gasteiger partial charge in [-0.25, -0.2) is 8.42 Å². The second-order valence-electron chi connectivity index (χ2n) is 2.33. The lowest BCUT2D eigenvalue weighted by atomic mass is 10.7. The molecule has 0 aliphatic heterocycles. The molecular formula is C6H8BrNO2S. The van der Waals surface area contributed by atoms with Crippen LogP contribution in [0.25, 0.3) is 0 Å². The molecule has 3 nitrogen and oxygen atoms in total. The number of nitrogens with zero attached hydrogens (tertiary/aromatic N) is 1. The van der Waals surface area contributed by atoms with Crippen LogP contribution in [0, 0.1) is 0 Å². The molecule has 0 N–H and O–H groups in total. The standard InChI is InChI=1S/C6H8BrNO2S/c1-8-5(7)3-4-6(8)11(2,9)10/h3-4H,1-2H3. The second-order valence-corrected chi connectivity index (χ2v) is 5.10. The van der Waals surface area contributed by atoms with E-state index in [1.54, 1.807) is 23.7 Å². The molecule has 0 saturated carbocycles. The zero-order chi connectivity index (χ0) is 8.65. The molecule has 0 aromatic carbocycles. The first-order valence-corrected chi connectivity index (χ1v) is 5.62. The average Bonchev–Trinajstić information content (AvgIpc) is 2.11. The Bertz CT molecular complexity index is 366. The monoisotopic (exact) mass is 237 g/mol. The van der Waals surface area contributed by atoms with Gasteiger partial charge >= 0.3 is 0 Å². The second kappa shape index (κ2) is 2.64. The predicted octanol–water partition coefficient (Wildman–Crippen LogP) is 1.19. The third kappa shape index (κ3) is 1.65. The van der Waals surface area contributed by atoms with E-state index < -0.39 is 9.84 Å². The van der Waals surface area contributed by atoms with Crippen LogP contribution in [-0.2, 0) is 16.9 Å². The Kier molecular flexibility index (Phi) is 2.11. The van der Waals surface area contributed by atoms with Crippen molar-refractivity contribution in [2.75, 3.05) is 6.26 Å². The number of sulfone groups is 1. The molecule has 1 rings (SSSR count). The number of hydrogen-bond donors (Lipinski definition) is 0. The normalized spacial score (nSPS) is 11.9. The summed E-state index contributed by atoms with van der Waals surface area (Å²) in [6, 6.07) is 3.27. The van der Waals surface area contributed by atoms with Crippen LogP contribution in [0.15, 0.2) is 21.8 Å². The number of hydrogen-bond acceptors (Lipinski definition) is 2. The molecule has 0 fully saturated rings. The largest absolute Gasteiger partial charge is 0.330 e. The van der Waals surface area contributed by atoms with Gasteiger partial charge in [0.25, 0.3) is 0 Å². The Morgan fingerprint density at radius 3 is 2.18 bits per heavy atom. The lowest BCUT2D eigenvalue weighted by Crippen LogP contribution is -2.03. The molecule has 0 aliphatic carbocycles. The van der Waals surface area contributed by atoms with Gasteiger partial charge in [-0.1, -0.05) is 0 Å². The van der Waals surface area contributed by atoms with Crippen LogP contribution in [-0.4, -0.2) is 19.2 Å². The number of halogens is 1. The highest BCUT2D eigenvalue weighted by molar-refractivity contribution is 9.10. The minimum absolute atomic E-state index is 0.323. The molecule has 1 aromatic rings. The molecule has 62 valence electrons. The van der Waals surface area contributed by atoms with Crippen molar-refractivity contribution in [3.63, 3.8) is 0 Å². The summed E-state index contributed by atoms with van der Waals surface area (Å²) in [4.78, 5) is 0. The van der Waals surface area contributed by atoms with Gasteiger partial charge in [0.15, 0.2) is 9.84 Å². The Hall–Kier alpha value is -0.290. The van der Waals surface area contributed by atoms with Gasteiger partial charge in [0.1, 0.15) is 5.03 Å². The van der Waals surface area contributed by atoms with Crippen molar-refractivity contribution >= 4 is 25.8 Å². The first kappa shape index (κ1) is 8.80. The van der Waals surface area contributed by atoms with E-state index >= 15 is 0 Å². The molecular weight excluding hydrogens is 230 g/mol. The predicted molar refractivity (Wildman–Crippen MR) is 46.2 cm³/mol. The van der Waals surface area contributed by atoms with Gasteiger partial charge in [-0.05, 0) is 28.1 Å². The van der Waals surface area contributed by atoms with Crippen molar-refractivity contribution < 1.29 is 8.42 Å². The molecule has 0 unspecified atom stereocenters. The molecule has 0 saturated heterocycles. The van der Waals surface area contributed by atoms with Gasteiger partial charge < -0.3 is 4.57 Å². The topological polar surface area (TPSA) is 39.1 Å². The first-order chi connectivity index (χ1) is 4.93. The highest BCUT2D eigenvalue weighted by atomic mass is 79.9. The van der Waals surface area contributed by atoms with Crippen LogP contribution in [0.4, 0.5) is 0 Å². The van der Waals surface area contributed by atoms with Crippen molar-refractivity contribution in [3.8, 4) is 0 Å². The van der Waals surface area contributed by atoms with E-state index in [1.165, 1.54) is 6.26 Å². The highest BCUT2D eigenvalue weighted by Crippen LogP contribution is 2.17. The molecule has 0 bridgehead atoms. The molecule has 0 radical (unpaired) electrons. The fourth-order valence-corrected chi connectivity index (χ4v) is 2.19. The van der Waals surface area contributed by atoms with Gasteiger partial charge in [-0.15, -0.1) is 0 Å². The molecule has 1 aromatic heterocycles. The first-order valence-electron chi connectivity index (χ1n) is 2.94. The maximum Gasteiger partial charge on any atom is 0.190 e. The zero-order valence-corrected chi connectivity index (χ0v) is 8.61.